The number of imidazole rings is 1. The van der Waals surface area contributed by atoms with E-state index in [1.54, 1.807) is 49.3 Å². The molecule has 1 aliphatic rings. The summed E-state index contributed by atoms with van der Waals surface area (Å²) in [6, 6.07) is 8.78. The number of phenols is 1. The second-order valence-electron chi connectivity index (χ2n) is 7.10. The first kappa shape index (κ1) is 18.0. The Labute approximate surface area is 161 Å². The van der Waals surface area contributed by atoms with Gasteiger partial charge in [0.1, 0.15) is 12.3 Å². The van der Waals surface area contributed by atoms with Crippen molar-refractivity contribution in [2.45, 2.75) is 32.9 Å². The number of carbonyl (C=O) groups is 1. The molecular weight excluding hydrogens is 358 g/mol. The lowest BCUT2D eigenvalue weighted by Gasteiger charge is -2.32. The van der Waals surface area contributed by atoms with Gasteiger partial charge >= 0.3 is 5.69 Å². The third-order valence-electron chi connectivity index (χ3n) is 5.10. The molecule has 1 aliphatic heterocycles. The maximum atomic E-state index is 13.0. The maximum absolute atomic E-state index is 13.0. The van der Waals surface area contributed by atoms with Gasteiger partial charge in [0.05, 0.1) is 24.3 Å². The summed E-state index contributed by atoms with van der Waals surface area (Å²) in [4.78, 5) is 38.3. The van der Waals surface area contributed by atoms with Crippen molar-refractivity contribution in [3.63, 3.8) is 0 Å². The van der Waals surface area contributed by atoms with Crippen molar-refractivity contribution >= 4 is 5.91 Å². The number of rotatable bonds is 3. The second-order valence-corrected chi connectivity index (χ2v) is 7.10. The Bertz CT molecular complexity index is 1100. The molecule has 0 fully saturated rings. The Kier molecular flexibility index (Phi) is 4.46. The number of fused-ring (bicyclic) bond motifs is 1. The van der Waals surface area contributed by atoms with Crippen molar-refractivity contribution in [1.29, 1.82) is 0 Å². The fourth-order valence-corrected chi connectivity index (χ4v) is 3.72. The number of nitrogens with one attached hydrogen (secondary N) is 1. The number of amides is 1. The SMILES string of the molecule is Cc1cc(C)n(CC(=O)N2Cc3[nH]cnc3C(c3cccc(O)c3)C2)c(=O)n1. The van der Waals surface area contributed by atoms with E-state index in [1.165, 1.54) is 4.57 Å². The van der Waals surface area contributed by atoms with Crippen LogP contribution >= 0.6 is 0 Å². The van der Waals surface area contributed by atoms with Gasteiger partial charge in [0.15, 0.2) is 0 Å². The van der Waals surface area contributed by atoms with Gasteiger partial charge in [0.2, 0.25) is 5.91 Å². The lowest BCUT2D eigenvalue weighted by Crippen LogP contribution is -2.42. The Morgan fingerprint density at radius 1 is 1.32 bits per heavy atom. The highest BCUT2D eigenvalue weighted by Gasteiger charge is 2.31. The first-order valence-corrected chi connectivity index (χ1v) is 9.06. The van der Waals surface area contributed by atoms with E-state index in [0.29, 0.717) is 24.5 Å². The van der Waals surface area contributed by atoms with E-state index >= 15 is 0 Å². The van der Waals surface area contributed by atoms with Gasteiger partial charge in [-0.1, -0.05) is 12.1 Å². The van der Waals surface area contributed by atoms with E-state index in [-0.39, 0.29) is 24.1 Å². The van der Waals surface area contributed by atoms with E-state index in [4.69, 9.17) is 0 Å². The smallest absolute Gasteiger partial charge is 0.348 e. The number of aromatic nitrogens is 4. The molecule has 0 saturated heterocycles. The van der Waals surface area contributed by atoms with Crippen LogP contribution in [-0.2, 0) is 17.9 Å². The predicted molar refractivity (Wildman–Crippen MR) is 102 cm³/mol. The largest absolute Gasteiger partial charge is 0.508 e. The Morgan fingerprint density at radius 2 is 2.14 bits per heavy atom. The Morgan fingerprint density at radius 3 is 2.89 bits per heavy atom. The zero-order valence-corrected chi connectivity index (χ0v) is 15.7. The zero-order chi connectivity index (χ0) is 19.8. The van der Waals surface area contributed by atoms with Gasteiger partial charge in [-0.2, -0.15) is 4.98 Å². The van der Waals surface area contributed by atoms with Gasteiger partial charge in [-0.05, 0) is 37.6 Å². The van der Waals surface area contributed by atoms with E-state index in [9.17, 15) is 14.7 Å². The zero-order valence-electron chi connectivity index (χ0n) is 15.7. The molecule has 2 N–H and O–H groups in total. The van der Waals surface area contributed by atoms with E-state index in [0.717, 1.165) is 17.0 Å². The van der Waals surface area contributed by atoms with Crippen molar-refractivity contribution < 1.29 is 9.90 Å². The van der Waals surface area contributed by atoms with Crippen molar-refractivity contribution in [2.24, 2.45) is 0 Å². The molecule has 0 spiro atoms. The molecule has 8 nitrogen and oxygen atoms in total. The third-order valence-corrected chi connectivity index (χ3v) is 5.10. The highest BCUT2D eigenvalue weighted by molar-refractivity contribution is 5.76. The lowest BCUT2D eigenvalue weighted by molar-refractivity contribution is -0.133. The van der Waals surface area contributed by atoms with Crippen LogP contribution < -0.4 is 5.69 Å². The summed E-state index contributed by atoms with van der Waals surface area (Å²) in [6.45, 7) is 4.31. The molecule has 144 valence electrons. The number of hydrogen-bond donors (Lipinski definition) is 2. The molecule has 2 aromatic heterocycles. The van der Waals surface area contributed by atoms with Gasteiger partial charge in [-0.3, -0.25) is 9.36 Å². The summed E-state index contributed by atoms with van der Waals surface area (Å²) >= 11 is 0. The predicted octanol–water partition coefficient (Wildman–Crippen LogP) is 1.46. The fraction of sp³-hybridized carbons (Fsp3) is 0.300. The number of aromatic hydroxyl groups is 1. The quantitative estimate of drug-likeness (QED) is 0.717. The summed E-state index contributed by atoms with van der Waals surface area (Å²) in [7, 11) is 0. The normalized spacial score (nSPS) is 16.1. The van der Waals surface area contributed by atoms with Crippen molar-refractivity contribution in [2.75, 3.05) is 6.54 Å². The highest BCUT2D eigenvalue weighted by atomic mass is 16.3. The summed E-state index contributed by atoms with van der Waals surface area (Å²) in [5.41, 5.74) is 3.54. The molecule has 0 bridgehead atoms. The highest BCUT2D eigenvalue weighted by Crippen LogP contribution is 2.32. The van der Waals surface area contributed by atoms with Gasteiger partial charge in [-0.25, -0.2) is 9.78 Å². The maximum Gasteiger partial charge on any atom is 0.348 e. The van der Waals surface area contributed by atoms with Crippen molar-refractivity contribution in [3.05, 3.63) is 75.5 Å². The number of phenolic OH excluding ortho intramolecular Hbond substituents is 1. The number of hydrogen-bond acceptors (Lipinski definition) is 5. The summed E-state index contributed by atoms with van der Waals surface area (Å²) in [6.07, 6.45) is 1.62. The van der Waals surface area contributed by atoms with Gasteiger partial charge in [-0.15, -0.1) is 0 Å². The van der Waals surface area contributed by atoms with Crippen LogP contribution in [0.5, 0.6) is 5.75 Å². The minimum absolute atomic E-state index is 0.0613. The molecule has 28 heavy (non-hydrogen) atoms. The van der Waals surface area contributed by atoms with E-state index < -0.39 is 5.69 Å². The Balaban J connectivity index is 1.63. The van der Waals surface area contributed by atoms with Crippen molar-refractivity contribution in [3.8, 4) is 5.75 Å². The minimum Gasteiger partial charge on any atom is -0.508 e. The summed E-state index contributed by atoms with van der Waals surface area (Å²) in [5.74, 6) is -0.146. The molecule has 1 amide bonds. The lowest BCUT2D eigenvalue weighted by atomic mass is 9.90. The molecule has 3 aromatic rings. The molecule has 4 rings (SSSR count). The van der Waals surface area contributed by atoms with Crippen LogP contribution in [0.25, 0.3) is 0 Å². The van der Waals surface area contributed by atoms with Crippen LogP contribution in [0.2, 0.25) is 0 Å². The molecule has 1 aromatic carbocycles. The van der Waals surface area contributed by atoms with Crippen LogP contribution in [0.1, 0.15) is 34.3 Å². The number of H-pyrrole nitrogens is 1. The monoisotopic (exact) mass is 379 g/mol. The number of aryl methyl sites for hydroxylation is 2. The summed E-state index contributed by atoms with van der Waals surface area (Å²) < 4.78 is 1.39. The van der Waals surface area contributed by atoms with Gasteiger partial charge in [0, 0.05) is 23.9 Å². The molecule has 0 saturated carbocycles. The number of benzene rings is 1. The minimum atomic E-state index is -0.422. The first-order valence-electron chi connectivity index (χ1n) is 9.06. The van der Waals surface area contributed by atoms with Crippen LogP contribution in [0, 0.1) is 13.8 Å². The standard InChI is InChI=1S/C20H21N5O3/c1-12-6-13(2)25(20(28)23-12)10-18(27)24-8-16(14-4-3-5-15(26)7-14)19-17(9-24)21-11-22-19/h3-7,11,16,26H,8-10H2,1-2H3,(H,21,22). The first-order chi connectivity index (χ1) is 13.4. The fourth-order valence-electron chi connectivity index (χ4n) is 3.72. The third kappa shape index (κ3) is 3.28. The topological polar surface area (TPSA) is 104 Å². The average Bonchev–Trinajstić information content (AvgIpc) is 3.12. The van der Waals surface area contributed by atoms with Crippen LogP contribution in [0.3, 0.4) is 0 Å². The molecule has 8 heteroatoms. The molecule has 1 atom stereocenters. The average molecular weight is 379 g/mol. The van der Waals surface area contributed by atoms with Gasteiger partial charge in [0.25, 0.3) is 0 Å². The second kappa shape index (κ2) is 6.95. The van der Waals surface area contributed by atoms with E-state index in [1.807, 2.05) is 6.07 Å². The molecule has 3 heterocycles. The molecule has 0 aliphatic carbocycles. The van der Waals surface area contributed by atoms with Crippen molar-refractivity contribution in [1.82, 2.24) is 24.4 Å². The molecule has 0 radical (unpaired) electrons. The van der Waals surface area contributed by atoms with Crippen LogP contribution in [-0.4, -0.2) is 42.0 Å². The summed E-state index contributed by atoms with van der Waals surface area (Å²) in [5, 5.41) is 9.84. The van der Waals surface area contributed by atoms with E-state index in [2.05, 4.69) is 15.0 Å². The van der Waals surface area contributed by atoms with Crippen LogP contribution in [0.15, 0.2) is 41.5 Å². The molecule has 1 unspecified atom stereocenters. The van der Waals surface area contributed by atoms with Gasteiger partial charge < -0.3 is 15.0 Å². The number of nitrogens with zero attached hydrogens (tertiary/aromatic N) is 4. The number of aromatic amines is 1. The molecular formula is C20H21N5O3. The number of carbonyl (C=O) groups excluding carboxylic acids is 1. The Hall–Kier alpha value is -3.42. The van der Waals surface area contributed by atoms with Crippen LogP contribution in [0.4, 0.5) is 0 Å².